The van der Waals surface area contributed by atoms with E-state index in [0.717, 1.165) is 19.3 Å². The van der Waals surface area contributed by atoms with Gasteiger partial charge < -0.3 is 10.1 Å². The molecule has 1 unspecified atom stereocenters. The number of fused-ring (bicyclic) bond motifs is 1. The first kappa shape index (κ1) is 17.0. The third kappa shape index (κ3) is 4.14. The van der Waals surface area contributed by atoms with Crippen molar-refractivity contribution in [2.45, 2.75) is 38.1 Å². The second kappa shape index (κ2) is 6.93. The van der Waals surface area contributed by atoms with E-state index in [0.29, 0.717) is 12.0 Å². The third-order valence-electron chi connectivity index (χ3n) is 4.52. The van der Waals surface area contributed by atoms with E-state index in [9.17, 15) is 18.0 Å². The van der Waals surface area contributed by atoms with Gasteiger partial charge in [0.05, 0.1) is 17.1 Å². The number of amides is 1. The molecule has 1 heterocycles. The van der Waals surface area contributed by atoms with Crippen molar-refractivity contribution in [2.24, 2.45) is 0 Å². The van der Waals surface area contributed by atoms with Crippen LogP contribution in [0.3, 0.4) is 0 Å². The van der Waals surface area contributed by atoms with Gasteiger partial charge in [-0.3, -0.25) is 4.79 Å². The maximum Gasteiger partial charge on any atom is 0.338 e. The summed E-state index contributed by atoms with van der Waals surface area (Å²) in [6.45, 7) is -0.396. The molecular weight excluding hydrogens is 330 g/mol. The van der Waals surface area contributed by atoms with Crippen molar-refractivity contribution in [3.63, 3.8) is 0 Å². The fourth-order valence-electron chi connectivity index (χ4n) is 3.25. The van der Waals surface area contributed by atoms with Crippen LogP contribution in [0.25, 0.3) is 0 Å². The molecule has 0 bridgehead atoms. The maximum atomic E-state index is 12.1. The van der Waals surface area contributed by atoms with Crippen molar-refractivity contribution in [2.75, 3.05) is 18.1 Å². The SMILES string of the molecule is O=C(COC(=O)c1ccc2c(c1)CCCC2)NC1CCS(=O)(=O)C1. The van der Waals surface area contributed by atoms with Crippen molar-refractivity contribution in [1.29, 1.82) is 0 Å². The van der Waals surface area contributed by atoms with Gasteiger partial charge in [-0.05, 0) is 55.4 Å². The molecule has 1 aromatic carbocycles. The molecule has 2 aliphatic rings. The summed E-state index contributed by atoms with van der Waals surface area (Å²) in [7, 11) is -3.05. The Bertz CT molecular complexity index is 756. The first-order chi connectivity index (χ1) is 11.4. The first-order valence-electron chi connectivity index (χ1n) is 8.22. The molecular formula is C17H21NO5S. The van der Waals surface area contributed by atoms with Gasteiger partial charge in [0.15, 0.2) is 16.4 Å². The lowest BCUT2D eigenvalue weighted by Crippen LogP contribution is -2.38. The molecule has 1 aliphatic carbocycles. The zero-order valence-corrected chi connectivity index (χ0v) is 14.2. The number of hydrogen-bond acceptors (Lipinski definition) is 5. The van der Waals surface area contributed by atoms with Crippen LogP contribution in [0.2, 0.25) is 0 Å². The molecule has 24 heavy (non-hydrogen) atoms. The molecule has 1 aromatic rings. The number of carbonyl (C=O) groups excluding carboxylic acids is 2. The number of sulfone groups is 1. The molecule has 1 atom stereocenters. The predicted molar refractivity (Wildman–Crippen MR) is 88.6 cm³/mol. The van der Waals surface area contributed by atoms with E-state index in [-0.39, 0.29) is 17.5 Å². The molecule has 1 N–H and O–H groups in total. The van der Waals surface area contributed by atoms with Gasteiger partial charge in [-0.15, -0.1) is 0 Å². The highest BCUT2D eigenvalue weighted by Crippen LogP contribution is 2.22. The minimum atomic E-state index is -3.05. The van der Waals surface area contributed by atoms with Crippen LogP contribution in [-0.4, -0.2) is 44.4 Å². The highest BCUT2D eigenvalue weighted by Gasteiger charge is 2.29. The average Bonchev–Trinajstić information content (AvgIpc) is 2.90. The second-order valence-electron chi connectivity index (χ2n) is 6.43. The minimum absolute atomic E-state index is 0.0441. The largest absolute Gasteiger partial charge is 0.452 e. The summed E-state index contributed by atoms with van der Waals surface area (Å²) in [6, 6.07) is 5.14. The van der Waals surface area contributed by atoms with E-state index in [1.165, 1.54) is 17.5 Å². The molecule has 7 heteroatoms. The lowest BCUT2D eigenvalue weighted by atomic mass is 9.90. The zero-order chi connectivity index (χ0) is 17.2. The molecule has 0 saturated carbocycles. The summed E-state index contributed by atoms with van der Waals surface area (Å²) in [5.74, 6) is -0.953. The number of esters is 1. The number of benzene rings is 1. The fourth-order valence-corrected chi connectivity index (χ4v) is 4.93. The lowest BCUT2D eigenvalue weighted by molar-refractivity contribution is -0.124. The second-order valence-corrected chi connectivity index (χ2v) is 8.66. The van der Waals surface area contributed by atoms with Gasteiger partial charge in [0.2, 0.25) is 0 Å². The Hall–Kier alpha value is -1.89. The summed E-state index contributed by atoms with van der Waals surface area (Å²) in [4.78, 5) is 23.9. The molecule has 6 nitrogen and oxygen atoms in total. The van der Waals surface area contributed by atoms with Gasteiger partial charge >= 0.3 is 5.97 Å². The van der Waals surface area contributed by atoms with E-state index < -0.39 is 28.3 Å². The normalized spacial score (nSPS) is 21.8. The Morgan fingerprint density at radius 1 is 1.17 bits per heavy atom. The van der Waals surface area contributed by atoms with Crippen LogP contribution in [-0.2, 0) is 32.2 Å². The van der Waals surface area contributed by atoms with Gasteiger partial charge in [-0.1, -0.05) is 6.07 Å². The topological polar surface area (TPSA) is 89.5 Å². The molecule has 1 aliphatic heterocycles. The fraction of sp³-hybridized carbons (Fsp3) is 0.529. The van der Waals surface area contributed by atoms with E-state index in [2.05, 4.69) is 5.32 Å². The molecule has 1 amide bonds. The van der Waals surface area contributed by atoms with Crippen LogP contribution < -0.4 is 5.32 Å². The van der Waals surface area contributed by atoms with Crippen molar-refractivity contribution in [1.82, 2.24) is 5.32 Å². The van der Waals surface area contributed by atoms with Crippen LogP contribution in [0.4, 0.5) is 0 Å². The molecule has 0 aromatic heterocycles. The maximum absolute atomic E-state index is 12.1. The molecule has 3 rings (SSSR count). The average molecular weight is 351 g/mol. The smallest absolute Gasteiger partial charge is 0.338 e. The van der Waals surface area contributed by atoms with E-state index in [4.69, 9.17) is 4.74 Å². The van der Waals surface area contributed by atoms with Crippen molar-refractivity contribution in [3.05, 3.63) is 34.9 Å². The summed E-state index contributed by atoms with van der Waals surface area (Å²) >= 11 is 0. The van der Waals surface area contributed by atoms with E-state index >= 15 is 0 Å². The Morgan fingerprint density at radius 2 is 1.92 bits per heavy atom. The zero-order valence-electron chi connectivity index (χ0n) is 13.4. The third-order valence-corrected chi connectivity index (χ3v) is 6.28. The number of carbonyl (C=O) groups is 2. The van der Waals surface area contributed by atoms with Gasteiger partial charge in [0, 0.05) is 6.04 Å². The number of nitrogens with one attached hydrogen (secondary N) is 1. The Kier molecular flexibility index (Phi) is 4.89. The molecule has 130 valence electrons. The summed E-state index contributed by atoms with van der Waals surface area (Å²) in [5.41, 5.74) is 2.90. The Morgan fingerprint density at radius 3 is 2.62 bits per heavy atom. The van der Waals surface area contributed by atoms with Crippen LogP contribution in [0, 0.1) is 0 Å². The molecule has 1 fully saturated rings. The molecule has 0 spiro atoms. The van der Waals surface area contributed by atoms with Crippen LogP contribution in [0.1, 0.15) is 40.7 Å². The van der Waals surface area contributed by atoms with Crippen LogP contribution in [0.15, 0.2) is 18.2 Å². The van der Waals surface area contributed by atoms with Crippen LogP contribution >= 0.6 is 0 Å². The number of hydrogen-bond donors (Lipinski definition) is 1. The first-order valence-corrected chi connectivity index (χ1v) is 10.0. The minimum Gasteiger partial charge on any atom is -0.452 e. The molecule has 1 saturated heterocycles. The highest BCUT2D eigenvalue weighted by molar-refractivity contribution is 7.91. The number of rotatable bonds is 4. The van der Waals surface area contributed by atoms with Crippen molar-refractivity contribution >= 4 is 21.7 Å². The summed E-state index contributed by atoms with van der Waals surface area (Å²) in [6.07, 6.45) is 4.71. The van der Waals surface area contributed by atoms with Crippen molar-refractivity contribution < 1.29 is 22.7 Å². The quantitative estimate of drug-likeness (QED) is 0.818. The highest BCUT2D eigenvalue weighted by atomic mass is 32.2. The number of aryl methyl sites for hydroxylation is 2. The summed E-state index contributed by atoms with van der Waals surface area (Å²) in [5, 5.41) is 2.60. The Balaban J connectivity index is 1.51. The Labute approximate surface area is 141 Å². The van der Waals surface area contributed by atoms with E-state index in [1.807, 2.05) is 12.1 Å². The summed E-state index contributed by atoms with van der Waals surface area (Å²) < 4.78 is 27.8. The monoisotopic (exact) mass is 351 g/mol. The number of ether oxygens (including phenoxy) is 1. The standard InChI is InChI=1S/C17H21NO5S/c19-16(18-15-7-8-24(21,22)11-15)10-23-17(20)14-6-5-12-3-1-2-4-13(12)9-14/h5-6,9,15H,1-4,7-8,10-11H2,(H,18,19). The van der Waals surface area contributed by atoms with Gasteiger partial charge in [-0.25, -0.2) is 13.2 Å². The van der Waals surface area contributed by atoms with Crippen molar-refractivity contribution in [3.8, 4) is 0 Å². The molecule has 0 radical (unpaired) electrons. The van der Waals surface area contributed by atoms with Gasteiger partial charge in [0.25, 0.3) is 5.91 Å². The lowest BCUT2D eigenvalue weighted by Gasteiger charge is -2.16. The van der Waals surface area contributed by atoms with E-state index in [1.54, 1.807) is 6.07 Å². The predicted octanol–water partition coefficient (Wildman–Crippen LogP) is 1.03. The van der Waals surface area contributed by atoms with Gasteiger partial charge in [-0.2, -0.15) is 0 Å². The van der Waals surface area contributed by atoms with Crippen LogP contribution in [0.5, 0.6) is 0 Å². The van der Waals surface area contributed by atoms with Gasteiger partial charge in [0.1, 0.15) is 0 Å².